The third kappa shape index (κ3) is 2.89. The average molecular weight is 363 g/mol. The lowest BCUT2D eigenvalue weighted by atomic mass is 9.48. The van der Waals surface area contributed by atoms with Crippen molar-refractivity contribution >= 4 is 0 Å². The Balaban J connectivity index is 1.54. The average Bonchev–Trinajstić information content (AvgIpc) is 2.85. The van der Waals surface area contributed by atoms with E-state index >= 15 is 0 Å². The molecule has 10 atom stereocenters. The van der Waals surface area contributed by atoms with Crippen LogP contribution in [0.25, 0.3) is 0 Å². The molecule has 0 aliphatic heterocycles. The minimum atomic E-state index is -0.118. The van der Waals surface area contributed by atoms with Gasteiger partial charge in [-0.3, -0.25) is 4.39 Å². The molecule has 7 unspecified atom stereocenters. The third-order valence-corrected chi connectivity index (χ3v) is 10.5. The first-order valence-electron chi connectivity index (χ1n) is 12.1. The van der Waals surface area contributed by atoms with E-state index in [0.29, 0.717) is 5.41 Å². The van der Waals surface area contributed by atoms with Crippen molar-refractivity contribution in [2.75, 3.05) is 6.67 Å². The van der Waals surface area contributed by atoms with Crippen molar-refractivity contribution in [2.45, 2.75) is 91.9 Å². The van der Waals surface area contributed by atoms with Gasteiger partial charge in [-0.15, -0.1) is 0 Å². The lowest BCUT2D eigenvalue weighted by Gasteiger charge is -2.57. The molecule has 4 rings (SSSR count). The highest BCUT2D eigenvalue weighted by atomic mass is 19.1. The molecule has 0 amide bonds. The normalized spacial score (nSPS) is 53.7. The Morgan fingerprint density at radius 2 is 1.69 bits per heavy atom. The van der Waals surface area contributed by atoms with E-state index in [1.807, 2.05) is 0 Å². The number of fused-ring (bicyclic) bond motifs is 5. The number of hydrogen-bond acceptors (Lipinski definition) is 0. The molecule has 0 radical (unpaired) electrons. The van der Waals surface area contributed by atoms with Crippen LogP contribution in [-0.2, 0) is 0 Å². The van der Waals surface area contributed by atoms with Crippen LogP contribution in [0.2, 0.25) is 0 Å². The Hall–Kier alpha value is -0.0700. The summed E-state index contributed by atoms with van der Waals surface area (Å²) in [5, 5.41) is 0. The Bertz CT molecular complexity index is 487. The molecule has 150 valence electrons. The molecule has 26 heavy (non-hydrogen) atoms. The summed E-state index contributed by atoms with van der Waals surface area (Å²) >= 11 is 0. The Morgan fingerprint density at radius 3 is 2.42 bits per heavy atom. The molecule has 1 heteroatoms. The molecule has 0 spiro atoms. The molecule has 4 aliphatic rings. The first kappa shape index (κ1) is 19.3. The van der Waals surface area contributed by atoms with Crippen molar-refractivity contribution in [3.63, 3.8) is 0 Å². The van der Waals surface area contributed by atoms with Crippen LogP contribution in [0.1, 0.15) is 91.9 Å². The molecular formula is C25H43F. The van der Waals surface area contributed by atoms with E-state index in [0.717, 1.165) is 66.1 Å². The zero-order chi connectivity index (χ0) is 18.5. The van der Waals surface area contributed by atoms with Crippen LogP contribution < -0.4 is 0 Å². The number of rotatable bonds is 4. The third-order valence-electron chi connectivity index (χ3n) is 10.5. The van der Waals surface area contributed by atoms with Gasteiger partial charge in [0.2, 0.25) is 0 Å². The second-order valence-corrected chi connectivity index (χ2v) is 11.1. The molecule has 0 aromatic rings. The SMILES string of the molecule is CC[C@H]1CCC2C(CCC3C2CCC2(C)C(CCCF)[C@@H](C)[C@@H](C)C32)C1. The number of alkyl halides is 1. The predicted octanol–water partition coefficient (Wildman–Crippen LogP) is 7.52. The standard InChI is InChI=1S/C25H43F/c1-5-18-8-10-20-19(15-18)9-11-22-21(20)12-13-25(4)23(7-6-14-26)16(2)17(3)24(22)25/h16-24H,5-15H2,1-4H3/t16-,17+,18-,19?,20?,21?,22?,23?,24?,25?/m0/s1. The molecule has 0 saturated heterocycles. The summed E-state index contributed by atoms with van der Waals surface area (Å²) in [5.74, 6) is 8.48. The van der Waals surface area contributed by atoms with Crippen LogP contribution >= 0.6 is 0 Å². The van der Waals surface area contributed by atoms with E-state index in [9.17, 15) is 4.39 Å². The van der Waals surface area contributed by atoms with E-state index in [2.05, 4.69) is 27.7 Å². The highest BCUT2D eigenvalue weighted by molar-refractivity contribution is 5.09. The maximum Gasteiger partial charge on any atom is 0.0894 e. The van der Waals surface area contributed by atoms with Gasteiger partial charge >= 0.3 is 0 Å². The van der Waals surface area contributed by atoms with Crippen LogP contribution in [0.5, 0.6) is 0 Å². The van der Waals surface area contributed by atoms with Crippen molar-refractivity contribution in [3.05, 3.63) is 0 Å². The van der Waals surface area contributed by atoms with Gasteiger partial charge in [-0.25, -0.2) is 0 Å². The van der Waals surface area contributed by atoms with Gasteiger partial charge in [0, 0.05) is 0 Å². The molecule has 4 saturated carbocycles. The second kappa shape index (κ2) is 7.40. The van der Waals surface area contributed by atoms with Crippen LogP contribution in [0, 0.1) is 58.7 Å². The van der Waals surface area contributed by atoms with Crippen molar-refractivity contribution in [1.29, 1.82) is 0 Å². The fourth-order valence-electron chi connectivity index (χ4n) is 9.20. The van der Waals surface area contributed by atoms with Crippen LogP contribution in [0.4, 0.5) is 4.39 Å². The summed E-state index contributed by atoms with van der Waals surface area (Å²) < 4.78 is 12.9. The van der Waals surface area contributed by atoms with Crippen LogP contribution in [-0.4, -0.2) is 6.67 Å². The summed E-state index contributed by atoms with van der Waals surface area (Å²) in [7, 11) is 0. The van der Waals surface area contributed by atoms with Gasteiger partial charge in [-0.1, -0.05) is 40.5 Å². The minimum absolute atomic E-state index is 0.118. The maximum atomic E-state index is 12.9. The Kier molecular flexibility index (Phi) is 5.48. The second-order valence-electron chi connectivity index (χ2n) is 11.1. The van der Waals surface area contributed by atoms with Gasteiger partial charge in [0.25, 0.3) is 0 Å². The zero-order valence-corrected chi connectivity index (χ0v) is 17.9. The Labute approximate surface area is 162 Å². The zero-order valence-electron chi connectivity index (χ0n) is 17.9. The molecule has 0 bridgehead atoms. The van der Waals surface area contributed by atoms with E-state index in [1.54, 1.807) is 0 Å². The first-order chi connectivity index (χ1) is 12.5. The fraction of sp³-hybridized carbons (Fsp3) is 1.00. The van der Waals surface area contributed by atoms with E-state index in [4.69, 9.17) is 0 Å². The summed E-state index contributed by atoms with van der Waals surface area (Å²) in [6.45, 7) is 9.97. The van der Waals surface area contributed by atoms with Crippen molar-refractivity contribution in [1.82, 2.24) is 0 Å². The minimum Gasteiger partial charge on any atom is -0.251 e. The van der Waals surface area contributed by atoms with Crippen LogP contribution in [0.15, 0.2) is 0 Å². The molecule has 4 aliphatic carbocycles. The fourth-order valence-corrected chi connectivity index (χ4v) is 9.20. The number of halogens is 1. The molecule has 0 N–H and O–H groups in total. The van der Waals surface area contributed by atoms with Crippen molar-refractivity contribution < 1.29 is 4.39 Å². The molecule has 4 fully saturated rings. The summed E-state index contributed by atoms with van der Waals surface area (Å²) in [6, 6.07) is 0. The highest BCUT2D eigenvalue weighted by Crippen LogP contribution is 2.68. The highest BCUT2D eigenvalue weighted by Gasteiger charge is 2.61. The van der Waals surface area contributed by atoms with Gasteiger partial charge in [0.15, 0.2) is 0 Å². The van der Waals surface area contributed by atoms with Gasteiger partial charge in [0.05, 0.1) is 6.67 Å². The molecule has 0 heterocycles. The van der Waals surface area contributed by atoms with Crippen LogP contribution in [0.3, 0.4) is 0 Å². The van der Waals surface area contributed by atoms with E-state index in [1.165, 1.54) is 51.4 Å². The van der Waals surface area contributed by atoms with Gasteiger partial charge in [-0.2, -0.15) is 0 Å². The largest absolute Gasteiger partial charge is 0.251 e. The van der Waals surface area contributed by atoms with Crippen molar-refractivity contribution in [3.8, 4) is 0 Å². The summed E-state index contributed by atoms with van der Waals surface area (Å²) in [5.41, 5.74) is 0.503. The summed E-state index contributed by atoms with van der Waals surface area (Å²) in [6.07, 6.45) is 13.9. The molecule has 0 nitrogen and oxygen atoms in total. The van der Waals surface area contributed by atoms with Crippen molar-refractivity contribution in [2.24, 2.45) is 58.7 Å². The predicted molar refractivity (Wildman–Crippen MR) is 109 cm³/mol. The quantitative estimate of drug-likeness (QED) is 0.485. The number of hydrogen-bond donors (Lipinski definition) is 0. The molecule has 0 aromatic heterocycles. The van der Waals surface area contributed by atoms with Gasteiger partial charge < -0.3 is 0 Å². The topological polar surface area (TPSA) is 0 Å². The van der Waals surface area contributed by atoms with Gasteiger partial charge in [0.1, 0.15) is 0 Å². The lowest BCUT2D eigenvalue weighted by molar-refractivity contribution is -0.0779. The first-order valence-corrected chi connectivity index (χ1v) is 12.1. The van der Waals surface area contributed by atoms with Gasteiger partial charge in [-0.05, 0) is 110 Å². The van der Waals surface area contributed by atoms with E-state index in [-0.39, 0.29) is 6.67 Å². The maximum absolute atomic E-state index is 12.9. The smallest absolute Gasteiger partial charge is 0.0894 e. The Morgan fingerprint density at radius 1 is 0.923 bits per heavy atom. The molecular weight excluding hydrogens is 319 g/mol. The summed E-state index contributed by atoms with van der Waals surface area (Å²) in [4.78, 5) is 0. The van der Waals surface area contributed by atoms with E-state index < -0.39 is 0 Å². The molecule has 0 aromatic carbocycles. The monoisotopic (exact) mass is 362 g/mol. The lowest BCUT2D eigenvalue weighted by Crippen LogP contribution is -2.49.